The number of hydrogen-bond acceptors (Lipinski definition) is 20. The van der Waals surface area contributed by atoms with Gasteiger partial charge in [-0.3, -0.25) is 43.3 Å². The molecule has 9 heterocycles. The maximum absolute atomic E-state index is 15.0. The maximum atomic E-state index is 15.0. The highest BCUT2D eigenvalue weighted by Gasteiger charge is 2.37. The molecule has 8 atom stereocenters. The Morgan fingerprint density at radius 1 is 0.425 bits per heavy atom. The number of Topliss-reactive ketones (excluding diaryl/α,β-unsaturated/α-hetero) is 7. The molecule has 3 N–H and O–H groups in total. The van der Waals surface area contributed by atoms with Crippen molar-refractivity contribution in [2.24, 2.45) is 17.8 Å². The molecule has 0 radical (unpaired) electrons. The number of nitrogens with one attached hydrogen (secondary N) is 1. The number of phenolic OH excluding ortho intramolecular Hbond substituents is 2. The van der Waals surface area contributed by atoms with Crippen LogP contribution in [0.1, 0.15) is 305 Å². The minimum Gasteiger partial charge on any atom is -0.507 e. The fourth-order valence-corrected chi connectivity index (χ4v) is 24.4. The number of nitrogens with zero attached hydrogens (tertiary/aromatic N) is 10. The molecule has 4 fully saturated rings. The lowest BCUT2D eigenvalue weighted by Gasteiger charge is -2.32. The van der Waals surface area contributed by atoms with Crippen molar-refractivity contribution >= 4 is 147 Å². The molecule has 0 spiro atoms. The van der Waals surface area contributed by atoms with Gasteiger partial charge in [0.05, 0.1) is 95.7 Å². The first-order valence-electron chi connectivity index (χ1n) is 49.7. The lowest BCUT2D eigenvalue weighted by Crippen LogP contribution is -2.38. The van der Waals surface area contributed by atoms with E-state index in [0.29, 0.717) is 151 Å². The third-order valence-corrected chi connectivity index (χ3v) is 32.6. The van der Waals surface area contributed by atoms with Gasteiger partial charge in [-0.2, -0.15) is 5.26 Å². The minimum atomic E-state index is -0.674. The molecule has 16 aromatic rings. The van der Waals surface area contributed by atoms with E-state index in [9.17, 15) is 62.6 Å². The van der Waals surface area contributed by atoms with Gasteiger partial charge in [0.15, 0.2) is 46.3 Å². The highest BCUT2D eigenvalue weighted by molar-refractivity contribution is 7.15. The Morgan fingerprint density at radius 3 is 1.28 bits per heavy atom. The van der Waals surface area contributed by atoms with Gasteiger partial charge in [-0.1, -0.05) is 76.5 Å². The molecule has 0 aliphatic heterocycles. The normalized spacial score (nSPS) is 17.7. The topological polar surface area (TPSA) is 297 Å². The van der Waals surface area contributed by atoms with Gasteiger partial charge in [-0.05, 0) is 291 Å². The van der Waals surface area contributed by atoms with Crippen LogP contribution >= 0.6 is 56.9 Å². The predicted octanol–water partition coefficient (Wildman–Crippen LogP) is 28.7. The van der Waals surface area contributed by atoms with E-state index in [-0.39, 0.29) is 117 Å². The first-order valence-corrected chi connectivity index (χ1v) is 53.4. The number of ketones is 7. The maximum Gasteiger partial charge on any atom is 0.261 e. The average Bonchev–Trinajstić information content (AvgIpc) is 1.61. The molecule has 0 saturated heterocycles. The number of aryl methyl sites for hydroxylation is 2. The van der Waals surface area contributed by atoms with Crippen LogP contribution in [0.25, 0.3) is 89.8 Å². The fourth-order valence-electron chi connectivity index (χ4n) is 21.1. The third-order valence-electron chi connectivity index (χ3n) is 28.2. The number of carbonyl (C=O) groups is 8. The van der Waals surface area contributed by atoms with Crippen LogP contribution in [-0.2, 0) is 0 Å². The van der Waals surface area contributed by atoms with Crippen LogP contribution in [0.2, 0.25) is 5.02 Å². The van der Waals surface area contributed by atoms with Gasteiger partial charge in [0.2, 0.25) is 0 Å². The Balaban J connectivity index is 0.000000133. The number of carbonyl (C=O) groups excluding carboxylic acids is 8. The van der Waals surface area contributed by atoms with Crippen molar-refractivity contribution in [2.75, 3.05) is 0 Å². The van der Waals surface area contributed by atoms with E-state index in [2.05, 4.69) is 37.3 Å². The molecule has 0 bridgehead atoms. The number of pyridine rings is 1. The van der Waals surface area contributed by atoms with Crippen molar-refractivity contribution < 1.29 is 61.7 Å². The number of thiophene rings is 4. The molecule has 4 saturated carbocycles. The Hall–Kier alpha value is -14.2. The highest BCUT2D eigenvalue weighted by atomic mass is 35.5. The molecule has 9 aromatic heterocycles. The van der Waals surface area contributed by atoms with Gasteiger partial charge in [0.1, 0.15) is 58.2 Å². The summed E-state index contributed by atoms with van der Waals surface area (Å²) in [4.78, 5) is 131. The second kappa shape index (κ2) is 46.0. The van der Waals surface area contributed by atoms with Crippen LogP contribution in [0.4, 0.5) is 13.2 Å². The summed E-state index contributed by atoms with van der Waals surface area (Å²) in [5.41, 5.74) is 10.2. The van der Waals surface area contributed by atoms with Crippen molar-refractivity contribution in [3.05, 3.63) is 284 Å². The predicted molar refractivity (Wildman–Crippen MR) is 571 cm³/mol. The van der Waals surface area contributed by atoms with Crippen molar-refractivity contribution in [1.82, 2.24) is 48.5 Å². The summed E-state index contributed by atoms with van der Waals surface area (Å²) < 4.78 is 52.0. The Bertz CT molecular complexity index is 7840. The molecule has 146 heavy (non-hydrogen) atoms. The van der Waals surface area contributed by atoms with Crippen LogP contribution < -0.4 is 5.32 Å². The molecule has 29 heteroatoms. The molecule has 7 aromatic carbocycles. The Labute approximate surface area is 865 Å². The Morgan fingerprint density at radius 2 is 0.842 bits per heavy atom. The summed E-state index contributed by atoms with van der Waals surface area (Å²) in [6.07, 6.45) is 29.9. The number of imidazole rings is 4. The van der Waals surface area contributed by atoms with Gasteiger partial charge in [0.25, 0.3) is 5.91 Å². The number of benzene rings is 7. The molecule has 4 aliphatic rings. The van der Waals surface area contributed by atoms with Crippen LogP contribution in [0.5, 0.6) is 11.5 Å². The van der Waals surface area contributed by atoms with E-state index in [0.717, 1.165) is 154 Å². The van der Waals surface area contributed by atoms with E-state index in [1.165, 1.54) is 75.7 Å². The van der Waals surface area contributed by atoms with E-state index >= 15 is 4.39 Å². The summed E-state index contributed by atoms with van der Waals surface area (Å²) in [5.74, 6) is 6.34. The monoisotopic (exact) mass is 2050 g/mol. The van der Waals surface area contributed by atoms with E-state index in [4.69, 9.17) is 44.4 Å². The van der Waals surface area contributed by atoms with Gasteiger partial charge < -0.3 is 33.8 Å². The summed E-state index contributed by atoms with van der Waals surface area (Å²) in [5, 5.41) is 34.7. The van der Waals surface area contributed by atoms with Crippen molar-refractivity contribution in [2.45, 2.75) is 219 Å². The standard InChI is InChI=1S/C30H26N4O2S.C29H26ClN3O3S.C29H28F2N2O2S.C29H29FN2O3S/c1-3-23-11-13-28(37-23)27(36)16-19-7-5-9-22(15-19)34-25-12-10-20(26(35)4-2)17-24(25)33-30(34)29-21(18-31)8-6-14-32-29;1-3-21-10-13-27(37-21)29(36)31-19-6-5-7-20(16-19)33-24-11-8-17(25(34)4-2)14-23(24)32-28(33)22-15-18(30)9-12-26(22)35;1-3-26(34)19-8-11-25-24(15-19)32-29(22-10-9-20(30)16-23(22)31)33(25)21-6-4-5-18(13-21)14-27(35)28-12-7-17(2)36-28;1-3-24(33)19-11-12-23-22(16-19)31-29(28-21(30)8-5-9-25(28)34)32(23)20-7-4-6-18(14-20)15-26(35)27-13-10-17(2)36-27/h1,6,8,10-14,17,19,22H,4-5,7,9,15-16H2,2H3;1,8-15,19-20,35H,4-7,16H2,2H3,(H,31,36);7-12,15-16,18,21H,3-6,13-14H2,1-2H3;5,8-13,16,18,20,34H,3-4,6-7,14-15H2,1-2H3/t19-,22+;19-,20+;18-,21+;18-,20+/m1111/s1. The molecule has 21 nitrogen and oxygen atoms in total. The van der Waals surface area contributed by atoms with Gasteiger partial charge >= 0.3 is 0 Å². The van der Waals surface area contributed by atoms with Gasteiger partial charge in [-0.15, -0.1) is 58.2 Å². The molecule has 744 valence electrons. The number of aromatic hydroxyl groups is 2. The number of rotatable bonds is 27. The van der Waals surface area contributed by atoms with E-state index in [1.807, 2.05) is 136 Å². The number of amides is 1. The number of halogens is 4. The molecular formula is C117H109ClF3N11O10S4. The number of nitriles is 1. The van der Waals surface area contributed by atoms with Crippen molar-refractivity contribution in [3.63, 3.8) is 0 Å². The number of phenols is 2. The van der Waals surface area contributed by atoms with Crippen molar-refractivity contribution in [1.29, 1.82) is 5.26 Å². The molecule has 0 unspecified atom stereocenters. The smallest absolute Gasteiger partial charge is 0.261 e. The van der Waals surface area contributed by atoms with Crippen molar-refractivity contribution in [3.8, 4) is 87.9 Å². The first-order chi connectivity index (χ1) is 70.6. The quantitative estimate of drug-likeness (QED) is 0.0318. The molecule has 1 amide bonds. The minimum absolute atomic E-state index is 0.00615. The largest absolute Gasteiger partial charge is 0.507 e. The molecule has 4 aliphatic carbocycles. The highest BCUT2D eigenvalue weighted by Crippen LogP contribution is 2.48. The lowest BCUT2D eigenvalue weighted by molar-refractivity contribution is 0.0919. The van der Waals surface area contributed by atoms with Crippen LogP contribution in [0, 0.1) is 85.1 Å². The van der Waals surface area contributed by atoms with Gasteiger partial charge in [-0.25, -0.2) is 33.1 Å². The number of aromatic nitrogens is 9. The summed E-state index contributed by atoms with van der Waals surface area (Å²) in [6, 6.07) is 55.4. The van der Waals surface area contributed by atoms with Crippen LogP contribution in [0.15, 0.2) is 194 Å². The van der Waals surface area contributed by atoms with Gasteiger partial charge in [0, 0.05) is 124 Å². The first kappa shape index (κ1) is 103. The number of terminal acetylenes is 2. The Kier molecular flexibility index (Phi) is 32.6. The number of hydrogen-bond donors (Lipinski definition) is 3. The fraction of sp³-hybridized carbons (Fsp3) is 0.316. The SMILES string of the molecule is C#Cc1ccc(C(=O)C[C@@H]2CCC[C@H](n3c(-c4ncccc4C#N)nc4cc(C(=O)CC)ccc43)C2)s1.C#Cc1ccc(C(=O)N[C@@H]2CCC[C@H](n3c(-c4cc(Cl)ccc4O)nc4cc(C(=O)CC)ccc43)C2)s1.CCC(=O)c1ccc2c(c1)nc(-c1c(O)cccc1F)n2[C@H]1CCC[C@@H](CC(=O)c2ccc(C)s2)C1.CCC(=O)c1ccc2c(c1)nc(-c1ccc(F)cc1F)n2[C@H]1CCC[C@@H](CC(=O)c2ccc(C)s2)C1. The zero-order valence-electron chi connectivity index (χ0n) is 81.8. The zero-order chi connectivity index (χ0) is 103. The van der Waals surface area contributed by atoms with E-state index in [1.54, 1.807) is 72.9 Å². The molecule has 20 rings (SSSR count). The average molecular weight is 2050 g/mol. The zero-order valence-corrected chi connectivity index (χ0v) is 85.8. The summed E-state index contributed by atoms with van der Waals surface area (Å²) >= 11 is 12.0. The lowest BCUT2D eigenvalue weighted by atomic mass is 9.82. The summed E-state index contributed by atoms with van der Waals surface area (Å²) in [6.45, 7) is 11.3. The van der Waals surface area contributed by atoms with E-state index < -0.39 is 17.5 Å². The third kappa shape index (κ3) is 22.9. The second-order valence-corrected chi connectivity index (χ2v) is 43.1. The van der Waals surface area contributed by atoms with Crippen LogP contribution in [0.3, 0.4) is 0 Å². The summed E-state index contributed by atoms with van der Waals surface area (Å²) in [7, 11) is 0. The number of fused-ring (bicyclic) bond motifs is 4. The van der Waals surface area contributed by atoms with Crippen LogP contribution in [-0.4, -0.2) is 106 Å². The second-order valence-electron chi connectivity index (χ2n) is 37.9. The molecular weight excluding hydrogens is 1940 g/mol.